The van der Waals surface area contributed by atoms with Crippen molar-refractivity contribution in [2.24, 2.45) is 17.6 Å². The second-order valence-electron chi connectivity index (χ2n) is 4.79. The first-order chi connectivity index (χ1) is 7.22. The van der Waals surface area contributed by atoms with Gasteiger partial charge < -0.3 is 15.7 Å². The number of nitrogens with zero attached hydrogens (tertiary/aromatic N) is 1. The first kappa shape index (κ1) is 10.9. The second kappa shape index (κ2) is 4.49. The molecule has 2 fully saturated rings. The number of hydrogen-bond acceptors (Lipinski definition) is 3. The number of hydrogen-bond donors (Lipinski definition) is 2. The van der Waals surface area contributed by atoms with Crippen LogP contribution in [-0.2, 0) is 4.79 Å². The summed E-state index contributed by atoms with van der Waals surface area (Å²) in [6.07, 6.45) is 4.68. The molecule has 0 amide bonds. The lowest BCUT2D eigenvalue weighted by Crippen LogP contribution is -2.41. The van der Waals surface area contributed by atoms with Crippen LogP contribution in [0.2, 0.25) is 0 Å². The minimum Gasteiger partial charge on any atom is -0.481 e. The fraction of sp³-hybridized carbons (Fsp3) is 0.909. The smallest absolute Gasteiger partial charge is 0.308 e. The second-order valence-corrected chi connectivity index (χ2v) is 4.79. The molecule has 0 spiro atoms. The molecule has 0 aromatic rings. The minimum atomic E-state index is -0.720. The molecule has 1 aliphatic heterocycles. The van der Waals surface area contributed by atoms with Crippen molar-refractivity contribution in [1.82, 2.24) is 4.90 Å². The van der Waals surface area contributed by atoms with Gasteiger partial charge in [0.2, 0.25) is 0 Å². The van der Waals surface area contributed by atoms with Crippen LogP contribution in [0.5, 0.6) is 0 Å². The van der Waals surface area contributed by atoms with Gasteiger partial charge in [-0.1, -0.05) is 0 Å². The zero-order valence-corrected chi connectivity index (χ0v) is 9.06. The SMILES string of the molecule is NCC(C(=O)O)C1CCN(C2CC2)CC1. The van der Waals surface area contributed by atoms with E-state index in [1.807, 2.05) is 0 Å². The van der Waals surface area contributed by atoms with Gasteiger partial charge in [-0.15, -0.1) is 0 Å². The van der Waals surface area contributed by atoms with Crippen LogP contribution in [0.15, 0.2) is 0 Å². The van der Waals surface area contributed by atoms with Crippen molar-refractivity contribution in [1.29, 1.82) is 0 Å². The number of carbonyl (C=O) groups is 1. The van der Waals surface area contributed by atoms with E-state index >= 15 is 0 Å². The van der Waals surface area contributed by atoms with E-state index in [-0.39, 0.29) is 12.5 Å². The molecule has 15 heavy (non-hydrogen) atoms. The summed E-state index contributed by atoms with van der Waals surface area (Å²) in [6.45, 7) is 2.42. The average Bonchev–Trinajstić information content (AvgIpc) is 3.03. The Morgan fingerprint density at radius 1 is 1.33 bits per heavy atom. The van der Waals surface area contributed by atoms with Crippen LogP contribution in [0.4, 0.5) is 0 Å². The molecule has 1 saturated heterocycles. The molecule has 3 N–H and O–H groups in total. The predicted octanol–water partition coefficient (Wildman–Crippen LogP) is 0.520. The highest BCUT2D eigenvalue weighted by molar-refractivity contribution is 5.70. The van der Waals surface area contributed by atoms with Gasteiger partial charge in [-0.2, -0.15) is 0 Å². The topological polar surface area (TPSA) is 66.6 Å². The third-order valence-corrected chi connectivity index (χ3v) is 3.78. The van der Waals surface area contributed by atoms with E-state index in [4.69, 9.17) is 10.8 Å². The molecule has 1 saturated carbocycles. The molecule has 4 nitrogen and oxygen atoms in total. The third kappa shape index (κ3) is 2.49. The first-order valence-corrected chi connectivity index (χ1v) is 5.89. The van der Waals surface area contributed by atoms with Gasteiger partial charge in [0.15, 0.2) is 0 Å². The molecule has 1 heterocycles. The normalized spacial score (nSPS) is 26.5. The maximum absolute atomic E-state index is 11.0. The maximum Gasteiger partial charge on any atom is 0.308 e. The van der Waals surface area contributed by atoms with Crippen molar-refractivity contribution in [2.75, 3.05) is 19.6 Å². The number of rotatable bonds is 4. The predicted molar refractivity (Wildman–Crippen MR) is 57.5 cm³/mol. The summed E-state index contributed by atoms with van der Waals surface area (Å²) in [5, 5.41) is 9.02. The van der Waals surface area contributed by atoms with Gasteiger partial charge in [0.05, 0.1) is 5.92 Å². The summed E-state index contributed by atoms with van der Waals surface area (Å²) >= 11 is 0. The Hall–Kier alpha value is -0.610. The van der Waals surface area contributed by atoms with Crippen molar-refractivity contribution in [3.8, 4) is 0 Å². The van der Waals surface area contributed by atoms with Gasteiger partial charge >= 0.3 is 5.97 Å². The molecule has 0 bridgehead atoms. The molecule has 86 valence electrons. The lowest BCUT2D eigenvalue weighted by atomic mass is 9.84. The molecule has 2 rings (SSSR count). The van der Waals surface area contributed by atoms with E-state index in [9.17, 15) is 4.79 Å². The van der Waals surface area contributed by atoms with Crippen LogP contribution in [0.3, 0.4) is 0 Å². The van der Waals surface area contributed by atoms with Gasteiger partial charge in [-0.25, -0.2) is 0 Å². The number of aliphatic carboxylic acids is 1. The van der Waals surface area contributed by atoms with Gasteiger partial charge in [0.1, 0.15) is 0 Å². The molecule has 0 aromatic heterocycles. The number of carboxylic acid groups (broad SMARTS) is 1. The molecule has 1 unspecified atom stereocenters. The fourth-order valence-electron chi connectivity index (χ4n) is 2.62. The lowest BCUT2D eigenvalue weighted by Gasteiger charge is -2.34. The van der Waals surface area contributed by atoms with Crippen LogP contribution in [0, 0.1) is 11.8 Å². The van der Waals surface area contributed by atoms with Gasteiger partial charge in [0, 0.05) is 12.6 Å². The van der Waals surface area contributed by atoms with Gasteiger partial charge in [-0.05, 0) is 44.7 Å². The van der Waals surface area contributed by atoms with E-state index < -0.39 is 5.97 Å². The number of likely N-dealkylation sites (tertiary alicyclic amines) is 1. The monoisotopic (exact) mass is 212 g/mol. The molecule has 1 aliphatic carbocycles. The van der Waals surface area contributed by atoms with E-state index in [0.29, 0.717) is 5.92 Å². The molecular formula is C11H20N2O2. The lowest BCUT2D eigenvalue weighted by molar-refractivity contribution is -0.143. The summed E-state index contributed by atoms with van der Waals surface area (Å²) in [6, 6.07) is 0.812. The Labute approximate surface area is 90.4 Å². The van der Waals surface area contributed by atoms with Crippen LogP contribution < -0.4 is 5.73 Å². The number of carboxylic acids is 1. The zero-order valence-electron chi connectivity index (χ0n) is 9.06. The largest absolute Gasteiger partial charge is 0.481 e. The molecular weight excluding hydrogens is 192 g/mol. The Balaban J connectivity index is 1.83. The van der Waals surface area contributed by atoms with Crippen LogP contribution in [0.1, 0.15) is 25.7 Å². The van der Waals surface area contributed by atoms with Crippen molar-refractivity contribution < 1.29 is 9.90 Å². The number of piperidine rings is 1. The summed E-state index contributed by atoms with van der Waals surface area (Å²) < 4.78 is 0. The summed E-state index contributed by atoms with van der Waals surface area (Å²) in [5.74, 6) is -0.753. The molecule has 1 atom stereocenters. The third-order valence-electron chi connectivity index (χ3n) is 3.78. The highest BCUT2D eigenvalue weighted by atomic mass is 16.4. The maximum atomic E-state index is 11.0. The fourth-order valence-corrected chi connectivity index (χ4v) is 2.62. The minimum absolute atomic E-state index is 0.281. The van der Waals surface area contributed by atoms with Gasteiger partial charge in [-0.3, -0.25) is 4.79 Å². The Morgan fingerprint density at radius 3 is 2.33 bits per heavy atom. The quantitative estimate of drug-likeness (QED) is 0.713. The zero-order chi connectivity index (χ0) is 10.8. The molecule has 0 radical (unpaired) electrons. The average molecular weight is 212 g/mol. The van der Waals surface area contributed by atoms with E-state index in [2.05, 4.69) is 4.90 Å². The van der Waals surface area contributed by atoms with Crippen molar-refractivity contribution in [3.63, 3.8) is 0 Å². The highest BCUT2D eigenvalue weighted by Gasteiger charge is 2.35. The van der Waals surface area contributed by atoms with E-state index in [1.54, 1.807) is 0 Å². The van der Waals surface area contributed by atoms with Crippen LogP contribution >= 0.6 is 0 Å². The van der Waals surface area contributed by atoms with Crippen molar-refractivity contribution in [2.45, 2.75) is 31.7 Å². The Morgan fingerprint density at radius 2 is 1.93 bits per heavy atom. The Bertz CT molecular complexity index is 233. The van der Waals surface area contributed by atoms with E-state index in [1.165, 1.54) is 12.8 Å². The highest BCUT2D eigenvalue weighted by Crippen LogP contribution is 2.32. The van der Waals surface area contributed by atoms with Crippen LogP contribution in [0.25, 0.3) is 0 Å². The summed E-state index contributed by atoms with van der Waals surface area (Å²) in [4.78, 5) is 13.5. The molecule has 0 aromatic carbocycles. The van der Waals surface area contributed by atoms with E-state index in [0.717, 1.165) is 32.0 Å². The summed E-state index contributed by atoms with van der Waals surface area (Å²) in [5.41, 5.74) is 5.52. The Kier molecular flexibility index (Phi) is 3.26. The number of nitrogens with two attached hydrogens (primary N) is 1. The summed E-state index contributed by atoms with van der Waals surface area (Å²) in [7, 11) is 0. The van der Waals surface area contributed by atoms with Gasteiger partial charge in [0.25, 0.3) is 0 Å². The standard InChI is InChI=1S/C11H20N2O2/c12-7-10(11(14)15)8-3-5-13(6-4-8)9-1-2-9/h8-10H,1-7,12H2,(H,14,15). The van der Waals surface area contributed by atoms with Crippen molar-refractivity contribution in [3.05, 3.63) is 0 Å². The first-order valence-electron chi connectivity index (χ1n) is 5.89. The van der Waals surface area contributed by atoms with Crippen molar-refractivity contribution >= 4 is 5.97 Å². The molecule has 4 heteroatoms. The molecule has 2 aliphatic rings. The van der Waals surface area contributed by atoms with Crippen LogP contribution in [-0.4, -0.2) is 41.7 Å².